The fourth-order valence-electron chi connectivity index (χ4n) is 5.20. The molecule has 1 amide bonds. The van der Waals surface area contributed by atoms with E-state index in [9.17, 15) is 18.0 Å². The first kappa shape index (κ1) is 27.0. The van der Waals surface area contributed by atoms with Gasteiger partial charge in [-0.3, -0.25) is 19.1 Å². The molecule has 4 aromatic rings. The maximum absolute atomic E-state index is 13.7. The van der Waals surface area contributed by atoms with Crippen molar-refractivity contribution in [1.82, 2.24) is 19.3 Å². The van der Waals surface area contributed by atoms with Gasteiger partial charge in [-0.15, -0.1) is 0 Å². The Hall–Kier alpha value is -4.16. The molecule has 214 valence electrons. The first-order valence-electron chi connectivity index (χ1n) is 13.4. The van der Waals surface area contributed by atoms with Crippen molar-refractivity contribution in [2.75, 3.05) is 56.2 Å². The van der Waals surface area contributed by atoms with Crippen molar-refractivity contribution in [3.05, 3.63) is 83.6 Å². The molecule has 2 aliphatic rings. The normalized spacial score (nSPS) is 15.7. The molecule has 0 bridgehead atoms. The Kier molecular flexibility index (Phi) is 7.50. The SMILES string of the molecule is O=C(Nc1cc(OCCN2CCOCC2)cc(C(F)(F)F)c1)c1ccc2c(c1)N(Cc1cnc3cnccn13)CC2. The lowest BCUT2D eigenvalue weighted by Crippen LogP contribution is -2.38. The third kappa shape index (κ3) is 6.13. The zero-order chi connectivity index (χ0) is 28.4. The van der Waals surface area contributed by atoms with Gasteiger partial charge in [0.15, 0.2) is 5.65 Å². The molecular formula is C29H29F3N6O3. The summed E-state index contributed by atoms with van der Waals surface area (Å²) in [6, 6.07) is 8.69. The standard InChI is InChI=1S/C29H29F3N6O3/c30-29(31,32)22-14-23(16-25(15-22)41-12-9-36-7-10-40-11-8-36)35-28(39)21-2-1-20-3-5-37(26(20)13-21)19-24-17-34-27-18-33-4-6-38(24)27/h1-2,4,6,13-18H,3,5,7-12,19H2,(H,35,39). The number of ether oxygens (including phenoxy) is 2. The summed E-state index contributed by atoms with van der Waals surface area (Å²) in [7, 11) is 0. The number of fused-ring (bicyclic) bond motifs is 2. The van der Waals surface area contributed by atoms with E-state index in [1.807, 2.05) is 16.7 Å². The monoisotopic (exact) mass is 566 g/mol. The van der Waals surface area contributed by atoms with Crippen molar-refractivity contribution in [2.24, 2.45) is 0 Å². The molecule has 1 N–H and O–H groups in total. The molecule has 0 spiro atoms. The summed E-state index contributed by atoms with van der Waals surface area (Å²) < 4.78 is 53.9. The van der Waals surface area contributed by atoms with Gasteiger partial charge in [-0.2, -0.15) is 13.2 Å². The highest BCUT2D eigenvalue weighted by Crippen LogP contribution is 2.35. The number of nitrogens with one attached hydrogen (secondary N) is 1. The van der Waals surface area contributed by atoms with Gasteiger partial charge >= 0.3 is 6.18 Å². The van der Waals surface area contributed by atoms with E-state index in [-0.39, 0.29) is 18.0 Å². The van der Waals surface area contributed by atoms with E-state index < -0.39 is 17.6 Å². The maximum Gasteiger partial charge on any atom is 0.416 e. The molecule has 0 aliphatic carbocycles. The molecule has 0 atom stereocenters. The first-order chi connectivity index (χ1) is 19.8. The van der Waals surface area contributed by atoms with Crippen LogP contribution >= 0.6 is 0 Å². The Morgan fingerprint density at radius 3 is 2.76 bits per heavy atom. The zero-order valence-electron chi connectivity index (χ0n) is 22.2. The average Bonchev–Trinajstić information content (AvgIpc) is 3.57. The highest BCUT2D eigenvalue weighted by Gasteiger charge is 2.32. The average molecular weight is 567 g/mol. The van der Waals surface area contributed by atoms with Crippen LogP contribution in [0.2, 0.25) is 0 Å². The predicted molar refractivity (Wildman–Crippen MR) is 146 cm³/mol. The van der Waals surface area contributed by atoms with E-state index in [0.29, 0.717) is 31.9 Å². The van der Waals surface area contributed by atoms with Gasteiger partial charge in [0, 0.05) is 61.6 Å². The number of nitrogens with zero attached hydrogens (tertiary/aromatic N) is 5. The van der Waals surface area contributed by atoms with Crippen LogP contribution in [0, 0.1) is 0 Å². The zero-order valence-corrected chi connectivity index (χ0v) is 22.2. The molecule has 1 saturated heterocycles. The lowest BCUT2D eigenvalue weighted by Gasteiger charge is -2.26. The number of benzene rings is 2. The molecule has 0 unspecified atom stereocenters. The minimum absolute atomic E-state index is 0.0166. The van der Waals surface area contributed by atoms with E-state index in [2.05, 4.69) is 25.1 Å². The number of morpholine rings is 1. The van der Waals surface area contributed by atoms with Crippen molar-refractivity contribution in [2.45, 2.75) is 19.1 Å². The Morgan fingerprint density at radius 1 is 1.07 bits per heavy atom. The van der Waals surface area contributed by atoms with Crippen molar-refractivity contribution >= 4 is 22.9 Å². The van der Waals surface area contributed by atoms with Crippen LogP contribution in [-0.2, 0) is 23.9 Å². The number of anilines is 2. The van der Waals surface area contributed by atoms with Crippen molar-refractivity contribution in [1.29, 1.82) is 0 Å². The molecule has 1 fully saturated rings. The molecule has 9 nitrogen and oxygen atoms in total. The molecule has 6 rings (SSSR count). The Balaban J connectivity index is 1.17. The van der Waals surface area contributed by atoms with E-state index >= 15 is 0 Å². The largest absolute Gasteiger partial charge is 0.492 e. The van der Waals surface area contributed by atoms with Gasteiger partial charge in [-0.05, 0) is 36.2 Å². The summed E-state index contributed by atoms with van der Waals surface area (Å²) in [6.45, 7) is 4.90. The molecule has 0 saturated carbocycles. The smallest absolute Gasteiger partial charge is 0.416 e. The number of carbonyl (C=O) groups is 1. The summed E-state index contributed by atoms with van der Waals surface area (Å²) in [5, 5.41) is 2.64. The molecule has 2 aromatic heterocycles. The molecule has 12 heteroatoms. The second-order valence-electron chi connectivity index (χ2n) is 10.1. The highest BCUT2D eigenvalue weighted by atomic mass is 19.4. The minimum Gasteiger partial charge on any atom is -0.492 e. The Labute approximate surface area is 234 Å². The van der Waals surface area contributed by atoms with Gasteiger partial charge in [-0.25, -0.2) is 4.98 Å². The van der Waals surface area contributed by atoms with Crippen LogP contribution in [-0.4, -0.2) is 71.2 Å². The number of alkyl halides is 3. The molecule has 2 aliphatic heterocycles. The second kappa shape index (κ2) is 11.4. The fraction of sp³-hybridized carbons (Fsp3) is 0.345. The summed E-state index contributed by atoms with van der Waals surface area (Å²) in [4.78, 5) is 26.0. The van der Waals surface area contributed by atoms with Crippen LogP contribution in [0.15, 0.2) is 61.2 Å². The number of halogens is 3. The first-order valence-corrected chi connectivity index (χ1v) is 13.4. The summed E-state index contributed by atoms with van der Waals surface area (Å²) >= 11 is 0. The van der Waals surface area contributed by atoms with Gasteiger partial charge in [0.25, 0.3) is 5.91 Å². The number of aromatic nitrogens is 3. The lowest BCUT2D eigenvalue weighted by molar-refractivity contribution is -0.137. The lowest BCUT2D eigenvalue weighted by atomic mass is 10.1. The van der Waals surface area contributed by atoms with Crippen molar-refractivity contribution in [3.8, 4) is 5.75 Å². The predicted octanol–water partition coefficient (Wildman–Crippen LogP) is 4.27. The van der Waals surface area contributed by atoms with Crippen LogP contribution < -0.4 is 15.0 Å². The molecule has 4 heterocycles. The number of imidazole rings is 1. The highest BCUT2D eigenvalue weighted by molar-refractivity contribution is 6.05. The third-order valence-corrected chi connectivity index (χ3v) is 7.36. The number of amides is 1. The molecule has 2 aromatic carbocycles. The minimum atomic E-state index is -4.59. The number of hydrogen-bond donors (Lipinski definition) is 1. The van der Waals surface area contributed by atoms with Crippen LogP contribution in [0.3, 0.4) is 0 Å². The summed E-state index contributed by atoms with van der Waals surface area (Å²) in [6.07, 6.45) is 3.29. The topological polar surface area (TPSA) is 84.2 Å². The van der Waals surface area contributed by atoms with Gasteiger partial charge in [0.05, 0.1) is 43.4 Å². The molecule has 41 heavy (non-hydrogen) atoms. The van der Waals surface area contributed by atoms with E-state index in [1.165, 1.54) is 6.07 Å². The van der Waals surface area contributed by atoms with Crippen molar-refractivity contribution < 1.29 is 27.4 Å². The maximum atomic E-state index is 13.7. The van der Waals surface area contributed by atoms with Crippen LogP contribution in [0.4, 0.5) is 24.5 Å². The van der Waals surface area contributed by atoms with Gasteiger partial charge in [0.1, 0.15) is 12.4 Å². The van der Waals surface area contributed by atoms with E-state index in [1.54, 1.807) is 30.7 Å². The number of hydrogen-bond acceptors (Lipinski definition) is 7. The third-order valence-electron chi connectivity index (χ3n) is 7.36. The van der Waals surface area contributed by atoms with Gasteiger partial charge in [0.2, 0.25) is 0 Å². The Morgan fingerprint density at radius 2 is 1.93 bits per heavy atom. The van der Waals surface area contributed by atoms with Crippen LogP contribution in [0.1, 0.15) is 27.2 Å². The van der Waals surface area contributed by atoms with Gasteiger partial charge in [-0.1, -0.05) is 6.07 Å². The van der Waals surface area contributed by atoms with Crippen molar-refractivity contribution in [3.63, 3.8) is 0 Å². The summed E-state index contributed by atoms with van der Waals surface area (Å²) in [5.41, 5.74) is 3.23. The molecule has 0 radical (unpaired) electrons. The quantitative estimate of drug-likeness (QED) is 0.341. The van der Waals surface area contributed by atoms with Crippen LogP contribution in [0.25, 0.3) is 5.65 Å². The molecular weight excluding hydrogens is 537 g/mol. The summed E-state index contributed by atoms with van der Waals surface area (Å²) in [5.74, 6) is -0.453. The number of rotatable bonds is 8. The second-order valence-corrected chi connectivity index (χ2v) is 10.1. The Bertz CT molecular complexity index is 1550. The van der Waals surface area contributed by atoms with E-state index in [0.717, 1.165) is 60.8 Å². The number of carbonyl (C=O) groups excluding carboxylic acids is 1. The van der Waals surface area contributed by atoms with E-state index in [4.69, 9.17) is 9.47 Å². The van der Waals surface area contributed by atoms with Crippen LogP contribution in [0.5, 0.6) is 5.75 Å². The van der Waals surface area contributed by atoms with Gasteiger partial charge < -0.3 is 19.7 Å². The fourth-order valence-corrected chi connectivity index (χ4v) is 5.20.